The SMILES string of the molecule is CCSC(=S)SOC(=O)CC. The van der Waals surface area contributed by atoms with Gasteiger partial charge in [0.25, 0.3) is 0 Å². The summed E-state index contributed by atoms with van der Waals surface area (Å²) >= 11 is 7.35. The van der Waals surface area contributed by atoms with Gasteiger partial charge in [-0.2, -0.15) is 0 Å². The fourth-order valence-electron chi connectivity index (χ4n) is 0.281. The Bertz CT molecular complexity index is 147. The first kappa shape index (κ1) is 11.3. The van der Waals surface area contributed by atoms with Crippen LogP contribution in [0.15, 0.2) is 0 Å². The molecule has 0 rings (SSSR count). The van der Waals surface area contributed by atoms with E-state index in [1.54, 1.807) is 6.92 Å². The zero-order valence-electron chi connectivity index (χ0n) is 6.46. The van der Waals surface area contributed by atoms with Crippen LogP contribution in [0.4, 0.5) is 0 Å². The van der Waals surface area contributed by atoms with Crippen molar-refractivity contribution in [1.29, 1.82) is 0 Å². The largest absolute Gasteiger partial charge is 0.385 e. The first-order valence-electron chi connectivity index (χ1n) is 3.24. The van der Waals surface area contributed by atoms with Crippen LogP contribution in [0.1, 0.15) is 20.3 Å². The Balaban J connectivity index is 3.38. The maximum absolute atomic E-state index is 10.6. The van der Waals surface area contributed by atoms with Crippen LogP contribution < -0.4 is 0 Å². The van der Waals surface area contributed by atoms with Gasteiger partial charge < -0.3 is 4.18 Å². The summed E-state index contributed by atoms with van der Waals surface area (Å²) in [7, 11) is 0. The average molecular weight is 210 g/mol. The van der Waals surface area contributed by atoms with Crippen molar-refractivity contribution in [3.63, 3.8) is 0 Å². The molecule has 0 aliphatic rings. The van der Waals surface area contributed by atoms with E-state index in [0.717, 1.165) is 17.8 Å². The molecule has 0 saturated heterocycles. The van der Waals surface area contributed by atoms with Gasteiger partial charge in [-0.1, -0.05) is 26.1 Å². The Morgan fingerprint density at radius 2 is 2.18 bits per heavy atom. The Morgan fingerprint density at radius 1 is 1.55 bits per heavy atom. The van der Waals surface area contributed by atoms with E-state index in [2.05, 4.69) is 0 Å². The van der Waals surface area contributed by atoms with Crippen LogP contribution in [0.3, 0.4) is 0 Å². The molecule has 0 aromatic rings. The van der Waals surface area contributed by atoms with Gasteiger partial charge in [-0.25, -0.2) is 0 Å². The number of thiocarbonyl (C=S) groups is 1. The summed E-state index contributed by atoms with van der Waals surface area (Å²) in [5.41, 5.74) is 0. The van der Waals surface area contributed by atoms with Crippen LogP contribution in [0.2, 0.25) is 0 Å². The minimum Gasteiger partial charge on any atom is -0.385 e. The molecule has 2 nitrogen and oxygen atoms in total. The van der Waals surface area contributed by atoms with Gasteiger partial charge in [0.15, 0.2) is 0 Å². The smallest absolute Gasteiger partial charge is 0.317 e. The van der Waals surface area contributed by atoms with E-state index in [0.29, 0.717) is 9.95 Å². The van der Waals surface area contributed by atoms with E-state index in [1.165, 1.54) is 11.8 Å². The highest BCUT2D eigenvalue weighted by Crippen LogP contribution is 2.18. The van der Waals surface area contributed by atoms with Gasteiger partial charge in [0.05, 0.1) is 0 Å². The average Bonchev–Trinajstić information content (AvgIpc) is 2.01. The monoisotopic (exact) mass is 210 g/mol. The van der Waals surface area contributed by atoms with Crippen LogP contribution in [-0.4, -0.2) is 15.3 Å². The molecule has 64 valence electrons. The molecule has 0 bridgehead atoms. The Hall–Kier alpha value is 0.260. The van der Waals surface area contributed by atoms with Crippen molar-refractivity contribution in [2.75, 3.05) is 5.75 Å². The van der Waals surface area contributed by atoms with Crippen molar-refractivity contribution in [2.45, 2.75) is 20.3 Å². The fraction of sp³-hybridized carbons (Fsp3) is 0.667. The van der Waals surface area contributed by atoms with Crippen LogP contribution in [0.5, 0.6) is 0 Å². The summed E-state index contributed by atoms with van der Waals surface area (Å²) in [6.45, 7) is 3.75. The molecule has 0 unspecified atom stereocenters. The second-order valence-electron chi connectivity index (χ2n) is 1.58. The zero-order chi connectivity index (χ0) is 8.69. The van der Waals surface area contributed by atoms with Crippen molar-refractivity contribution >= 4 is 45.5 Å². The molecule has 0 aromatic heterocycles. The molecule has 0 heterocycles. The van der Waals surface area contributed by atoms with E-state index in [-0.39, 0.29) is 5.97 Å². The quantitative estimate of drug-likeness (QED) is 0.515. The first-order valence-corrected chi connectivity index (χ1v) is 5.38. The summed E-state index contributed by atoms with van der Waals surface area (Å²) in [5, 5.41) is 0. The van der Waals surface area contributed by atoms with Gasteiger partial charge in [-0.3, -0.25) is 4.79 Å². The Morgan fingerprint density at radius 3 is 2.64 bits per heavy atom. The minimum absolute atomic E-state index is 0.228. The van der Waals surface area contributed by atoms with Crippen molar-refractivity contribution in [3.05, 3.63) is 0 Å². The van der Waals surface area contributed by atoms with Crippen LogP contribution >= 0.6 is 36.0 Å². The molecule has 0 N–H and O–H groups in total. The molecule has 0 atom stereocenters. The van der Waals surface area contributed by atoms with Crippen LogP contribution in [0.25, 0.3) is 0 Å². The molecule has 0 radical (unpaired) electrons. The van der Waals surface area contributed by atoms with Gasteiger partial charge in [-0.05, 0) is 5.75 Å². The molecule has 0 aliphatic heterocycles. The molecule has 0 spiro atoms. The van der Waals surface area contributed by atoms with Gasteiger partial charge in [-0.15, -0.1) is 11.8 Å². The van der Waals surface area contributed by atoms with Crippen molar-refractivity contribution in [1.82, 2.24) is 0 Å². The Kier molecular flexibility index (Phi) is 7.10. The van der Waals surface area contributed by atoms with Crippen molar-refractivity contribution < 1.29 is 8.98 Å². The van der Waals surface area contributed by atoms with Crippen LogP contribution in [0, 0.1) is 0 Å². The summed E-state index contributed by atoms with van der Waals surface area (Å²) in [5.74, 6) is 0.684. The number of thioether (sulfide) groups is 1. The number of hydrogen-bond acceptors (Lipinski definition) is 5. The third-order valence-corrected chi connectivity index (χ3v) is 2.80. The molecule has 5 heteroatoms. The lowest BCUT2D eigenvalue weighted by molar-refractivity contribution is -0.132. The maximum atomic E-state index is 10.6. The molecule has 0 saturated carbocycles. The second kappa shape index (κ2) is 6.94. The summed E-state index contributed by atoms with van der Waals surface area (Å²) in [6, 6.07) is 0. The summed E-state index contributed by atoms with van der Waals surface area (Å²) < 4.78 is 5.38. The molecule has 11 heavy (non-hydrogen) atoms. The zero-order valence-corrected chi connectivity index (χ0v) is 8.90. The van der Waals surface area contributed by atoms with E-state index >= 15 is 0 Å². The maximum Gasteiger partial charge on any atom is 0.317 e. The van der Waals surface area contributed by atoms with Crippen molar-refractivity contribution in [2.24, 2.45) is 0 Å². The van der Waals surface area contributed by atoms with Crippen molar-refractivity contribution in [3.8, 4) is 0 Å². The van der Waals surface area contributed by atoms with E-state index in [4.69, 9.17) is 16.4 Å². The number of rotatable bonds is 2. The lowest BCUT2D eigenvalue weighted by Crippen LogP contribution is -1.96. The van der Waals surface area contributed by atoms with Gasteiger partial charge in [0.2, 0.25) is 0 Å². The first-order chi connectivity index (χ1) is 5.20. The molecule has 0 aliphatic carbocycles. The topological polar surface area (TPSA) is 26.3 Å². The van der Waals surface area contributed by atoms with Crippen LogP contribution in [-0.2, 0) is 8.98 Å². The number of carbonyl (C=O) groups excluding carboxylic acids is 1. The van der Waals surface area contributed by atoms with Gasteiger partial charge >= 0.3 is 5.97 Å². The van der Waals surface area contributed by atoms with E-state index in [9.17, 15) is 4.79 Å². The molecular weight excluding hydrogens is 200 g/mol. The third-order valence-electron chi connectivity index (χ3n) is 0.754. The lowest BCUT2D eigenvalue weighted by atomic mass is 10.5. The number of carbonyl (C=O) groups is 1. The highest BCUT2D eigenvalue weighted by molar-refractivity contribution is 8.45. The molecule has 0 amide bonds. The molecular formula is C6H10O2S3. The molecule has 0 aromatic carbocycles. The highest BCUT2D eigenvalue weighted by Gasteiger charge is 2.02. The number of hydrogen-bond donors (Lipinski definition) is 0. The standard InChI is InChI=1S/C6H10O2S3/c1-3-5(7)8-11-6(9)10-4-2/h3-4H2,1-2H3. The predicted molar refractivity (Wildman–Crippen MR) is 54.7 cm³/mol. The normalized spacial score (nSPS) is 9.27. The second-order valence-corrected chi connectivity index (χ2v) is 4.77. The lowest BCUT2D eigenvalue weighted by Gasteiger charge is -1.99. The third kappa shape index (κ3) is 6.65. The van der Waals surface area contributed by atoms with E-state index < -0.39 is 0 Å². The minimum atomic E-state index is -0.228. The van der Waals surface area contributed by atoms with E-state index in [1.807, 2.05) is 6.92 Å². The van der Waals surface area contributed by atoms with Gasteiger partial charge in [0, 0.05) is 6.42 Å². The fourth-order valence-corrected chi connectivity index (χ4v) is 1.90. The predicted octanol–water partition coefficient (Wildman–Crippen LogP) is 2.63. The Labute approximate surface area is 80.7 Å². The van der Waals surface area contributed by atoms with Gasteiger partial charge in [0.1, 0.15) is 15.6 Å². The molecule has 0 fully saturated rings. The summed E-state index contributed by atoms with van der Waals surface area (Å²) in [4.78, 5) is 10.6. The summed E-state index contributed by atoms with van der Waals surface area (Å²) in [6.07, 6.45) is 0.395. The highest BCUT2D eigenvalue weighted by atomic mass is 32.2.